The number of phenolic OH excluding ortho intramolecular Hbond substituents is 1. The summed E-state index contributed by atoms with van der Waals surface area (Å²) in [7, 11) is 0. The number of aromatic amines is 1. The number of aromatic hydroxyl groups is 1. The predicted octanol–water partition coefficient (Wildman–Crippen LogP) is 1.40. The molecule has 0 aliphatic heterocycles. The molecule has 0 saturated carbocycles. The second-order valence-electron chi connectivity index (χ2n) is 3.73. The molecule has 2 rings (SSSR count). The third-order valence-corrected chi connectivity index (χ3v) is 2.42. The molecule has 0 radical (unpaired) electrons. The second kappa shape index (κ2) is 4.36. The van der Waals surface area contributed by atoms with Crippen LogP contribution in [0.1, 0.15) is 16.1 Å². The van der Waals surface area contributed by atoms with Crippen molar-refractivity contribution in [3.8, 4) is 5.75 Å². The minimum absolute atomic E-state index is 0.143. The summed E-state index contributed by atoms with van der Waals surface area (Å²) in [5, 5.41) is 17.8. The van der Waals surface area contributed by atoms with Gasteiger partial charge in [-0.25, -0.2) is 4.39 Å². The van der Waals surface area contributed by atoms with Gasteiger partial charge in [0.2, 0.25) is 0 Å². The fraction of sp³-hybridized carbons (Fsp3) is 0.0909. The molecule has 0 spiro atoms. The van der Waals surface area contributed by atoms with E-state index in [9.17, 15) is 9.18 Å². The van der Waals surface area contributed by atoms with Gasteiger partial charge in [-0.15, -0.1) is 0 Å². The van der Waals surface area contributed by atoms with Gasteiger partial charge in [-0.05, 0) is 19.1 Å². The first-order valence-electron chi connectivity index (χ1n) is 5.09. The summed E-state index contributed by atoms with van der Waals surface area (Å²) >= 11 is 0. The van der Waals surface area contributed by atoms with Gasteiger partial charge in [0.05, 0.1) is 16.9 Å². The fourth-order valence-electron chi connectivity index (χ4n) is 1.40. The summed E-state index contributed by atoms with van der Waals surface area (Å²) in [5.74, 6) is -1.62. The van der Waals surface area contributed by atoms with Crippen LogP contribution in [0.15, 0.2) is 18.2 Å². The first-order valence-corrected chi connectivity index (χ1v) is 5.09. The van der Waals surface area contributed by atoms with Crippen LogP contribution in [0.25, 0.3) is 0 Å². The van der Waals surface area contributed by atoms with E-state index in [-0.39, 0.29) is 17.1 Å². The van der Waals surface area contributed by atoms with Crippen LogP contribution in [-0.2, 0) is 0 Å². The molecule has 1 aromatic carbocycles. The molecule has 0 saturated heterocycles. The van der Waals surface area contributed by atoms with Gasteiger partial charge < -0.3 is 16.2 Å². The molecule has 0 atom stereocenters. The number of hydrogen-bond donors (Lipinski definition) is 4. The number of halogens is 1. The largest absolute Gasteiger partial charge is 0.508 e. The van der Waals surface area contributed by atoms with E-state index in [0.717, 1.165) is 6.07 Å². The van der Waals surface area contributed by atoms with Crippen molar-refractivity contribution in [2.45, 2.75) is 6.92 Å². The Kier molecular flexibility index (Phi) is 2.88. The lowest BCUT2D eigenvalue weighted by Crippen LogP contribution is -2.14. The van der Waals surface area contributed by atoms with Crippen molar-refractivity contribution in [2.75, 3.05) is 11.1 Å². The third kappa shape index (κ3) is 2.10. The summed E-state index contributed by atoms with van der Waals surface area (Å²) in [6, 6.07) is 3.25. The van der Waals surface area contributed by atoms with Gasteiger partial charge in [-0.3, -0.25) is 9.89 Å². The lowest BCUT2D eigenvalue weighted by atomic mass is 10.2. The number of rotatable bonds is 2. The minimum atomic E-state index is -0.821. The number of aryl methyl sites for hydroxylation is 1. The molecule has 0 aliphatic rings. The third-order valence-electron chi connectivity index (χ3n) is 2.42. The number of nitrogens with two attached hydrogens (primary N) is 1. The Morgan fingerprint density at radius 3 is 2.83 bits per heavy atom. The van der Waals surface area contributed by atoms with E-state index < -0.39 is 11.7 Å². The minimum Gasteiger partial charge on any atom is -0.508 e. The summed E-state index contributed by atoms with van der Waals surface area (Å²) in [6.07, 6.45) is 0. The highest BCUT2D eigenvalue weighted by molar-refractivity contribution is 6.05. The SMILES string of the molecule is Cc1[nH]nc(NC(=O)c2ccc(O)cc2F)c1N. The molecule has 6 nitrogen and oxygen atoms in total. The van der Waals surface area contributed by atoms with E-state index in [2.05, 4.69) is 15.5 Å². The van der Waals surface area contributed by atoms with Crippen molar-refractivity contribution < 1.29 is 14.3 Å². The van der Waals surface area contributed by atoms with E-state index in [4.69, 9.17) is 10.8 Å². The Bertz CT molecular complexity index is 609. The Labute approximate surface area is 102 Å². The molecule has 7 heteroatoms. The zero-order valence-corrected chi connectivity index (χ0v) is 9.49. The number of carbonyl (C=O) groups excluding carboxylic acids is 1. The van der Waals surface area contributed by atoms with Crippen molar-refractivity contribution >= 4 is 17.4 Å². The van der Waals surface area contributed by atoms with Gasteiger partial charge in [0, 0.05) is 6.07 Å². The molecule has 5 N–H and O–H groups in total. The van der Waals surface area contributed by atoms with E-state index in [1.165, 1.54) is 12.1 Å². The van der Waals surface area contributed by atoms with Gasteiger partial charge >= 0.3 is 0 Å². The Balaban J connectivity index is 2.25. The van der Waals surface area contributed by atoms with E-state index in [1.807, 2.05) is 0 Å². The van der Waals surface area contributed by atoms with Crippen molar-refractivity contribution in [3.63, 3.8) is 0 Å². The Morgan fingerprint density at radius 2 is 2.28 bits per heavy atom. The van der Waals surface area contributed by atoms with Crippen LogP contribution >= 0.6 is 0 Å². The maximum absolute atomic E-state index is 13.4. The van der Waals surface area contributed by atoms with Crippen molar-refractivity contribution in [1.29, 1.82) is 0 Å². The molecule has 18 heavy (non-hydrogen) atoms. The standard InChI is InChI=1S/C11H11FN4O2/c1-5-9(13)10(16-15-5)14-11(18)7-3-2-6(17)4-8(7)12/h2-4,17H,13H2,1H3,(H2,14,15,16,18). The molecule has 1 amide bonds. The molecule has 0 unspecified atom stereocenters. The number of hydrogen-bond acceptors (Lipinski definition) is 4. The van der Waals surface area contributed by atoms with Crippen molar-refractivity contribution in [1.82, 2.24) is 10.2 Å². The average Bonchev–Trinajstić information content (AvgIpc) is 2.61. The van der Waals surface area contributed by atoms with E-state index in [1.54, 1.807) is 6.92 Å². The van der Waals surface area contributed by atoms with Gasteiger partial charge in [-0.1, -0.05) is 0 Å². The fourth-order valence-corrected chi connectivity index (χ4v) is 1.40. The molecule has 0 aliphatic carbocycles. The number of nitrogens with zero attached hydrogens (tertiary/aromatic N) is 1. The lowest BCUT2D eigenvalue weighted by molar-refractivity contribution is 0.102. The number of carbonyl (C=O) groups is 1. The number of anilines is 2. The first-order chi connectivity index (χ1) is 8.49. The van der Waals surface area contributed by atoms with Crippen LogP contribution in [0.5, 0.6) is 5.75 Å². The molecule has 0 bridgehead atoms. The molecule has 1 aromatic heterocycles. The van der Waals surface area contributed by atoms with Crippen molar-refractivity contribution in [2.24, 2.45) is 0 Å². The van der Waals surface area contributed by atoms with Crippen LogP contribution in [0.2, 0.25) is 0 Å². The molecular weight excluding hydrogens is 239 g/mol. The van der Waals surface area contributed by atoms with E-state index in [0.29, 0.717) is 11.4 Å². The van der Waals surface area contributed by atoms with Gasteiger partial charge in [-0.2, -0.15) is 5.10 Å². The molecule has 2 aromatic rings. The van der Waals surface area contributed by atoms with Crippen molar-refractivity contribution in [3.05, 3.63) is 35.3 Å². The highest BCUT2D eigenvalue weighted by Crippen LogP contribution is 2.20. The number of aromatic nitrogens is 2. The summed E-state index contributed by atoms with van der Waals surface area (Å²) in [6.45, 7) is 1.69. The maximum atomic E-state index is 13.4. The monoisotopic (exact) mass is 250 g/mol. The van der Waals surface area contributed by atoms with Crippen LogP contribution in [-0.4, -0.2) is 21.2 Å². The quantitative estimate of drug-likeness (QED) is 0.646. The predicted molar refractivity (Wildman–Crippen MR) is 63.8 cm³/mol. The smallest absolute Gasteiger partial charge is 0.259 e. The molecular formula is C11H11FN4O2. The first kappa shape index (κ1) is 11.9. The molecule has 1 heterocycles. The number of phenols is 1. The highest BCUT2D eigenvalue weighted by atomic mass is 19.1. The van der Waals surface area contributed by atoms with Gasteiger partial charge in [0.1, 0.15) is 11.6 Å². The number of H-pyrrole nitrogens is 1. The Morgan fingerprint density at radius 1 is 1.56 bits per heavy atom. The lowest BCUT2D eigenvalue weighted by Gasteiger charge is -2.04. The van der Waals surface area contributed by atoms with Gasteiger partial charge in [0.15, 0.2) is 5.82 Å². The summed E-state index contributed by atoms with van der Waals surface area (Å²) in [5.41, 5.74) is 6.35. The topological polar surface area (TPSA) is 104 Å². The van der Waals surface area contributed by atoms with E-state index >= 15 is 0 Å². The van der Waals surface area contributed by atoms with Crippen LogP contribution in [0.3, 0.4) is 0 Å². The number of benzene rings is 1. The normalized spacial score (nSPS) is 10.3. The zero-order chi connectivity index (χ0) is 13.3. The van der Waals surface area contributed by atoms with Crippen LogP contribution < -0.4 is 11.1 Å². The highest BCUT2D eigenvalue weighted by Gasteiger charge is 2.15. The number of amides is 1. The second-order valence-corrected chi connectivity index (χ2v) is 3.73. The number of nitrogens with one attached hydrogen (secondary N) is 2. The molecule has 0 fully saturated rings. The number of nitrogen functional groups attached to an aromatic ring is 1. The van der Waals surface area contributed by atoms with Crippen LogP contribution in [0, 0.1) is 12.7 Å². The maximum Gasteiger partial charge on any atom is 0.259 e. The Hall–Kier alpha value is -2.57. The van der Waals surface area contributed by atoms with Crippen LogP contribution in [0.4, 0.5) is 15.9 Å². The summed E-state index contributed by atoms with van der Waals surface area (Å²) in [4.78, 5) is 11.8. The summed E-state index contributed by atoms with van der Waals surface area (Å²) < 4.78 is 13.4. The van der Waals surface area contributed by atoms with Gasteiger partial charge in [0.25, 0.3) is 5.91 Å². The molecule has 94 valence electrons. The average molecular weight is 250 g/mol. The zero-order valence-electron chi connectivity index (χ0n) is 9.49.